The first-order valence-electron chi connectivity index (χ1n) is 6.83. The fourth-order valence-electron chi connectivity index (χ4n) is 2.08. The molecule has 1 aliphatic heterocycles. The van der Waals surface area contributed by atoms with Crippen LogP contribution in [0.25, 0.3) is 0 Å². The van der Waals surface area contributed by atoms with Crippen molar-refractivity contribution in [2.45, 2.75) is 39.5 Å². The quantitative estimate of drug-likeness (QED) is 0.779. The average molecular weight is 288 g/mol. The standard InChI is InChI=1S/C14H24O2S2/c1-3-12-9-17-7-4-8-18-10-13(11(2)15)5-6-14(12)16/h12-13H,3-10H2,1-2H3/t12-,13-/m0/s1. The lowest BCUT2D eigenvalue weighted by molar-refractivity contribution is -0.123. The van der Waals surface area contributed by atoms with Gasteiger partial charge in [-0.1, -0.05) is 6.92 Å². The number of Topliss-reactive ketones (excluding diaryl/α,β-unsaturated/α-hetero) is 2. The van der Waals surface area contributed by atoms with Crippen LogP contribution in [0.5, 0.6) is 0 Å². The van der Waals surface area contributed by atoms with Crippen molar-refractivity contribution >= 4 is 35.1 Å². The normalized spacial score (nSPS) is 28.2. The van der Waals surface area contributed by atoms with Gasteiger partial charge in [0.15, 0.2) is 0 Å². The van der Waals surface area contributed by atoms with E-state index in [-0.39, 0.29) is 17.6 Å². The van der Waals surface area contributed by atoms with Gasteiger partial charge in [0.2, 0.25) is 0 Å². The van der Waals surface area contributed by atoms with Gasteiger partial charge in [-0.15, -0.1) is 0 Å². The van der Waals surface area contributed by atoms with Crippen LogP contribution in [0.1, 0.15) is 39.5 Å². The maximum absolute atomic E-state index is 12.1. The van der Waals surface area contributed by atoms with E-state index in [1.807, 2.05) is 23.5 Å². The Morgan fingerprint density at radius 1 is 1.28 bits per heavy atom. The van der Waals surface area contributed by atoms with E-state index in [2.05, 4.69) is 6.92 Å². The summed E-state index contributed by atoms with van der Waals surface area (Å²) in [7, 11) is 0. The van der Waals surface area contributed by atoms with Gasteiger partial charge in [0.1, 0.15) is 11.6 Å². The van der Waals surface area contributed by atoms with E-state index in [0.29, 0.717) is 12.2 Å². The maximum Gasteiger partial charge on any atom is 0.136 e. The predicted molar refractivity (Wildman–Crippen MR) is 81.5 cm³/mol. The minimum atomic E-state index is 0.0866. The number of ketones is 2. The average Bonchev–Trinajstić information content (AvgIpc) is 2.33. The molecule has 0 saturated carbocycles. The van der Waals surface area contributed by atoms with Crippen molar-refractivity contribution in [2.75, 3.05) is 23.0 Å². The Morgan fingerprint density at radius 3 is 2.56 bits per heavy atom. The molecular weight excluding hydrogens is 264 g/mol. The van der Waals surface area contributed by atoms with Crippen LogP contribution in [0, 0.1) is 11.8 Å². The van der Waals surface area contributed by atoms with Crippen LogP contribution >= 0.6 is 23.5 Å². The molecule has 2 atom stereocenters. The lowest BCUT2D eigenvalue weighted by Crippen LogP contribution is -2.21. The van der Waals surface area contributed by atoms with E-state index >= 15 is 0 Å². The summed E-state index contributed by atoms with van der Waals surface area (Å²) in [5.74, 6) is 5.03. The van der Waals surface area contributed by atoms with Crippen molar-refractivity contribution in [1.82, 2.24) is 0 Å². The highest BCUT2D eigenvalue weighted by molar-refractivity contribution is 8.00. The van der Waals surface area contributed by atoms with Crippen molar-refractivity contribution in [3.05, 3.63) is 0 Å². The summed E-state index contributed by atoms with van der Waals surface area (Å²) < 4.78 is 0. The highest BCUT2D eigenvalue weighted by Crippen LogP contribution is 2.22. The summed E-state index contributed by atoms with van der Waals surface area (Å²) in [4.78, 5) is 23.6. The summed E-state index contributed by atoms with van der Waals surface area (Å²) in [6, 6.07) is 0. The van der Waals surface area contributed by atoms with Gasteiger partial charge in [0, 0.05) is 29.8 Å². The molecule has 0 radical (unpaired) electrons. The summed E-state index contributed by atoms with van der Waals surface area (Å²) >= 11 is 3.78. The van der Waals surface area contributed by atoms with Gasteiger partial charge in [-0.05, 0) is 37.7 Å². The highest BCUT2D eigenvalue weighted by atomic mass is 32.2. The van der Waals surface area contributed by atoms with Crippen LogP contribution in [0.3, 0.4) is 0 Å². The molecule has 0 aromatic rings. The van der Waals surface area contributed by atoms with Gasteiger partial charge in [0.25, 0.3) is 0 Å². The maximum atomic E-state index is 12.1. The molecule has 0 spiro atoms. The molecule has 1 fully saturated rings. The van der Waals surface area contributed by atoms with E-state index in [9.17, 15) is 9.59 Å². The SMILES string of the molecule is CC[C@H]1CSCCCSC[C@@H](C(C)=O)CCC1=O. The molecule has 0 aromatic carbocycles. The van der Waals surface area contributed by atoms with Gasteiger partial charge in [-0.25, -0.2) is 0 Å². The molecule has 2 nitrogen and oxygen atoms in total. The Labute approximate surface area is 119 Å². The van der Waals surface area contributed by atoms with Gasteiger partial charge < -0.3 is 0 Å². The summed E-state index contributed by atoms with van der Waals surface area (Å²) in [6.07, 6.45) is 3.46. The van der Waals surface area contributed by atoms with Crippen molar-refractivity contribution < 1.29 is 9.59 Å². The first-order valence-corrected chi connectivity index (χ1v) is 9.14. The molecule has 1 saturated heterocycles. The largest absolute Gasteiger partial charge is 0.300 e. The molecule has 0 aliphatic carbocycles. The fraction of sp³-hybridized carbons (Fsp3) is 0.857. The van der Waals surface area contributed by atoms with Crippen LogP contribution in [-0.2, 0) is 9.59 Å². The van der Waals surface area contributed by atoms with Gasteiger partial charge in [0.05, 0.1) is 0 Å². The minimum absolute atomic E-state index is 0.0866. The van der Waals surface area contributed by atoms with Crippen molar-refractivity contribution in [3.63, 3.8) is 0 Å². The first-order chi connectivity index (χ1) is 8.65. The molecule has 0 aromatic heterocycles. The summed E-state index contributed by atoms with van der Waals surface area (Å²) in [6.45, 7) is 3.75. The van der Waals surface area contributed by atoms with E-state index in [1.165, 1.54) is 6.42 Å². The van der Waals surface area contributed by atoms with E-state index in [4.69, 9.17) is 0 Å². The molecule has 0 amide bonds. The number of hydrogen-bond acceptors (Lipinski definition) is 4. The third-order valence-corrected chi connectivity index (χ3v) is 5.91. The second kappa shape index (κ2) is 9.03. The number of carbonyl (C=O) groups excluding carboxylic acids is 2. The molecule has 0 bridgehead atoms. The fourth-order valence-corrected chi connectivity index (χ4v) is 4.68. The monoisotopic (exact) mass is 288 g/mol. The Hall–Kier alpha value is 0.0400. The number of carbonyl (C=O) groups is 2. The Morgan fingerprint density at radius 2 is 1.94 bits per heavy atom. The van der Waals surface area contributed by atoms with E-state index < -0.39 is 0 Å². The summed E-state index contributed by atoms with van der Waals surface area (Å²) in [5, 5.41) is 0. The lowest BCUT2D eigenvalue weighted by atomic mass is 9.94. The molecular formula is C14H24O2S2. The number of rotatable bonds is 2. The smallest absolute Gasteiger partial charge is 0.136 e. The second-order valence-electron chi connectivity index (χ2n) is 4.92. The second-order valence-corrected chi connectivity index (χ2v) is 7.22. The molecule has 1 aliphatic rings. The Balaban J connectivity index is 2.56. The number of thioether (sulfide) groups is 2. The van der Waals surface area contributed by atoms with Crippen LogP contribution in [-0.4, -0.2) is 34.6 Å². The predicted octanol–water partition coefficient (Wildman–Crippen LogP) is 3.44. The Kier molecular flexibility index (Phi) is 8.07. The number of hydrogen-bond donors (Lipinski definition) is 0. The molecule has 1 rings (SSSR count). The zero-order chi connectivity index (χ0) is 13.4. The van der Waals surface area contributed by atoms with Gasteiger partial charge in [-0.2, -0.15) is 23.5 Å². The summed E-state index contributed by atoms with van der Waals surface area (Å²) in [5.41, 5.74) is 0. The molecule has 1 heterocycles. The first kappa shape index (κ1) is 16.1. The van der Waals surface area contributed by atoms with Crippen molar-refractivity contribution in [1.29, 1.82) is 0 Å². The zero-order valence-corrected chi connectivity index (χ0v) is 13.1. The van der Waals surface area contributed by atoms with Crippen LogP contribution in [0.2, 0.25) is 0 Å². The zero-order valence-electron chi connectivity index (χ0n) is 11.4. The lowest BCUT2D eigenvalue weighted by Gasteiger charge is -2.18. The van der Waals surface area contributed by atoms with Crippen molar-refractivity contribution in [3.8, 4) is 0 Å². The van der Waals surface area contributed by atoms with Crippen molar-refractivity contribution in [2.24, 2.45) is 11.8 Å². The molecule has 4 heteroatoms. The van der Waals surface area contributed by atoms with Crippen LogP contribution in [0.15, 0.2) is 0 Å². The third-order valence-electron chi connectivity index (χ3n) is 3.48. The van der Waals surface area contributed by atoms with E-state index in [1.54, 1.807) is 6.92 Å². The van der Waals surface area contributed by atoms with Gasteiger partial charge in [-0.3, -0.25) is 9.59 Å². The third kappa shape index (κ3) is 5.79. The Bertz CT molecular complexity index is 279. The molecule has 0 unspecified atom stereocenters. The van der Waals surface area contributed by atoms with Crippen LogP contribution in [0.4, 0.5) is 0 Å². The van der Waals surface area contributed by atoms with Crippen LogP contribution < -0.4 is 0 Å². The topological polar surface area (TPSA) is 34.1 Å². The molecule has 0 N–H and O–H groups in total. The van der Waals surface area contributed by atoms with Gasteiger partial charge >= 0.3 is 0 Å². The van der Waals surface area contributed by atoms with E-state index in [0.717, 1.165) is 35.9 Å². The highest BCUT2D eigenvalue weighted by Gasteiger charge is 2.21. The minimum Gasteiger partial charge on any atom is -0.300 e. The molecule has 18 heavy (non-hydrogen) atoms. The molecule has 104 valence electrons.